The van der Waals surface area contributed by atoms with Gasteiger partial charge in [-0.05, 0) is 67.9 Å². The molecule has 0 amide bonds. The normalized spacial score (nSPS) is 13.6. The summed E-state index contributed by atoms with van der Waals surface area (Å²) in [4.78, 5) is 18.3. The van der Waals surface area contributed by atoms with E-state index in [1.807, 2.05) is 73.7 Å². The van der Waals surface area contributed by atoms with Crippen LogP contribution >= 0.6 is 0 Å². The molecule has 0 aliphatic carbocycles. The SMILES string of the molecule is CCOc1ccc(-n2c(CNC(C)c3ccc4c(c3)OCCO4)nc3ccccc3c2=O)cc1. The molecule has 1 aliphatic rings. The monoisotopic (exact) mass is 457 g/mol. The van der Waals surface area contributed by atoms with Gasteiger partial charge in [-0.15, -0.1) is 0 Å². The van der Waals surface area contributed by atoms with Gasteiger partial charge in [0.05, 0.1) is 29.7 Å². The summed E-state index contributed by atoms with van der Waals surface area (Å²) in [6.07, 6.45) is 0. The third-order valence-electron chi connectivity index (χ3n) is 5.88. The lowest BCUT2D eigenvalue weighted by atomic mass is 10.1. The van der Waals surface area contributed by atoms with Gasteiger partial charge in [0.1, 0.15) is 24.8 Å². The Kier molecular flexibility index (Phi) is 6.18. The van der Waals surface area contributed by atoms with Gasteiger partial charge in [-0.25, -0.2) is 4.98 Å². The van der Waals surface area contributed by atoms with E-state index in [0.717, 1.165) is 28.5 Å². The minimum absolute atomic E-state index is 0.00739. The Morgan fingerprint density at radius 1 is 1.03 bits per heavy atom. The molecule has 2 heterocycles. The summed E-state index contributed by atoms with van der Waals surface area (Å²) in [5.41, 5.74) is 2.40. The van der Waals surface area contributed by atoms with Crippen LogP contribution in [0.1, 0.15) is 31.3 Å². The van der Waals surface area contributed by atoms with Crippen molar-refractivity contribution < 1.29 is 14.2 Å². The fourth-order valence-electron chi connectivity index (χ4n) is 4.11. The van der Waals surface area contributed by atoms with Crippen molar-refractivity contribution in [3.05, 3.63) is 88.5 Å². The summed E-state index contributed by atoms with van der Waals surface area (Å²) in [6.45, 7) is 6.13. The Hall–Kier alpha value is -3.84. The zero-order chi connectivity index (χ0) is 23.5. The quantitative estimate of drug-likeness (QED) is 0.443. The lowest BCUT2D eigenvalue weighted by Gasteiger charge is -2.21. The minimum atomic E-state index is -0.0986. The molecule has 34 heavy (non-hydrogen) atoms. The molecule has 7 heteroatoms. The molecule has 4 aromatic rings. The van der Waals surface area contributed by atoms with Gasteiger partial charge in [0, 0.05) is 6.04 Å². The number of rotatable bonds is 7. The highest BCUT2D eigenvalue weighted by Gasteiger charge is 2.17. The highest BCUT2D eigenvalue weighted by atomic mass is 16.6. The predicted molar refractivity (Wildman–Crippen MR) is 131 cm³/mol. The predicted octanol–water partition coefficient (Wildman–Crippen LogP) is 4.41. The molecule has 5 rings (SSSR count). The molecule has 1 unspecified atom stereocenters. The number of hydrogen-bond donors (Lipinski definition) is 1. The van der Waals surface area contributed by atoms with Crippen LogP contribution in [0.3, 0.4) is 0 Å². The molecule has 0 spiro atoms. The second-order valence-electron chi connectivity index (χ2n) is 8.12. The third kappa shape index (κ3) is 4.34. The molecule has 1 aliphatic heterocycles. The molecule has 1 N–H and O–H groups in total. The number of hydrogen-bond acceptors (Lipinski definition) is 6. The van der Waals surface area contributed by atoms with Gasteiger partial charge in [0.2, 0.25) is 0 Å². The largest absolute Gasteiger partial charge is 0.494 e. The van der Waals surface area contributed by atoms with Gasteiger partial charge in [-0.2, -0.15) is 0 Å². The van der Waals surface area contributed by atoms with Crippen molar-refractivity contribution in [1.29, 1.82) is 0 Å². The molecule has 174 valence electrons. The second kappa shape index (κ2) is 9.57. The van der Waals surface area contributed by atoms with Gasteiger partial charge < -0.3 is 19.5 Å². The molecular weight excluding hydrogens is 430 g/mol. The Morgan fingerprint density at radius 3 is 2.59 bits per heavy atom. The number of aromatic nitrogens is 2. The molecule has 0 saturated carbocycles. The summed E-state index contributed by atoms with van der Waals surface area (Å²) in [7, 11) is 0. The third-order valence-corrected chi connectivity index (χ3v) is 5.88. The van der Waals surface area contributed by atoms with E-state index in [1.165, 1.54) is 0 Å². The number of nitrogens with zero attached hydrogens (tertiary/aromatic N) is 2. The smallest absolute Gasteiger partial charge is 0.266 e. The van der Waals surface area contributed by atoms with Crippen LogP contribution in [0.15, 0.2) is 71.5 Å². The fraction of sp³-hybridized carbons (Fsp3) is 0.259. The van der Waals surface area contributed by atoms with Crippen molar-refractivity contribution in [2.75, 3.05) is 19.8 Å². The minimum Gasteiger partial charge on any atom is -0.494 e. The zero-order valence-electron chi connectivity index (χ0n) is 19.3. The first kappa shape index (κ1) is 22.0. The number of nitrogens with one attached hydrogen (secondary N) is 1. The molecule has 0 bridgehead atoms. The summed E-state index contributed by atoms with van der Waals surface area (Å²) in [5, 5.41) is 4.10. The van der Waals surface area contributed by atoms with Gasteiger partial charge in [-0.3, -0.25) is 9.36 Å². The van der Waals surface area contributed by atoms with Crippen LogP contribution in [0.5, 0.6) is 17.2 Å². The maximum Gasteiger partial charge on any atom is 0.266 e. The van der Waals surface area contributed by atoms with Crippen molar-refractivity contribution in [3.63, 3.8) is 0 Å². The van der Waals surface area contributed by atoms with E-state index in [2.05, 4.69) is 12.2 Å². The highest BCUT2D eigenvalue weighted by Crippen LogP contribution is 2.32. The Balaban J connectivity index is 1.47. The van der Waals surface area contributed by atoms with Crippen LogP contribution in [0.25, 0.3) is 16.6 Å². The average molecular weight is 458 g/mol. The van der Waals surface area contributed by atoms with Crippen LogP contribution in [0, 0.1) is 0 Å². The molecule has 1 atom stereocenters. The standard InChI is InChI=1S/C27H27N3O4/c1-3-32-21-11-9-20(10-12-21)30-26(29-23-7-5-4-6-22(23)27(30)31)17-28-18(2)19-8-13-24-25(16-19)34-15-14-33-24/h4-13,16,18,28H,3,14-15,17H2,1-2H3. The molecule has 1 aromatic heterocycles. The molecule has 0 radical (unpaired) electrons. The van der Waals surface area contributed by atoms with E-state index < -0.39 is 0 Å². The van der Waals surface area contributed by atoms with E-state index >= 15 is 0 Å². The lowest BCUT2D eigenvalue weighted by Crippen LogP contribution is -2.28. The van der Waals surface area contributed by atoms with Crippen molar-refractivity contribution in [2.24, 2.45) is 0 Å². The van der Waals surface area contributed by atoms with E-state index in [4.69, 9.17) is 19.2 Å². The Morgan fingerprint density at radius 2 is 1.79 bits per heavy atom. The topological polar surface area (TPSA) is 74.6 Å². The molecule has 7 nitrogen and oxygen atoms in total. The van der Waals surface area contributed by atoms with Crippen molar-refractivity contribution in [1.82, 2.24) is 14.9 Å². The zero-order valence-corrected chi connectivity index (χ0v) is 19.3. The van der Waals surface area contributed by atoms with Crippen LogP contribution < -0.4 is 25.1 Å². The highest BCUT2D eigenvalue weighted by molar-refractivity contribution is 5.77. The van der Waals surface area contributed by atoms with E-state index in [1.54, 1.807) is 4.57 Å². The van der Waals surface area contributed by atoms with Crippen LogP contribution in [0.2, 0.25) is 0 Å². The van der Waals surface area contributed by atoms with Crippen LogP contribution in [-0.2, 0) is 6.54 Å². The Bertz CT molecular complexity index is 1360. The van der Waals surface area contributed by atoms with Crippen molar-refractivity contribution in [2.45, 2.75) is 26.4 Å². The van der Waals surface area contributed by atoms with Gasteiger partial charge in [-0.1, -0.05) is 18.2 Å². The van der Waals surface area contributed by atoms with Crippen molar-refractivity contribution >= 4 is 10.9 Å². The first-order valence-corrected chi connectivity index (χ1v) is 11.5. The Labute approximate surface area is 197 Å². The first-order chi connectivity index (χ1) is 16.6. The fourth-order valence-corrected chi connectivity index (χ4v) is 4.11. The van der Waals surface area contributed by atoms with Crippen molar-refractivity contribution in [3.8, 4) is 22.9 Å². The van der Waals surface area contributed by atoms with Crippen LogP contribution in [-0.4, -0.2) is 29.4 Å². The van der Waals surface area contributed by atoms with Gasteiger partial charge in [0.25, 0.3) is 5.56 Å². The maximum absolute atomic E-state index is 13.5. The summed E-state index contributed by atoms with van der Waals surface area (Å²) in [5.74, 6) is 2.92. The molecule has 3 aromatic carbocycles. The molecule has 0 saturated heterocycles. The summed E-state index contributed by atoms with van der Waals surface area (Å²) in [6, 6.07) is 20.9. The average Bonchev–Trinajstić information content (AvgIpc) is 2.88. The summed E-state index contributed by atoms with van der Waals surface area (Å²) >= 11 is 0. The van der Waals surface area contributed by atoms with Crippen LogP contribution in [0.4, 0.5) is 0 Å². The number of benzene rings is 3. The lowest BCUT2D eigenvalue weighted by molar-refractivity contribution is 0.171. The number of para-hydroxylation sites is 1. The first-order valence-electron chi connectivity index (χ1n) is 11.5. The number of ether oxygens (including phenoxy) is 3. The number of fused-ring (bicyclic) bond motifs is 2. The molecule has 0 fully saturated rings. The second-order valence-corrected chi connectivity index (χ2v) is 8.12. The van der Waals surface area contributed by atoms with Gasteiger partial charge in [0.15, 0.2) is 11.5 Å². The summed E-state index contributed by atoms with van der Waals surface area (Å²) < 4.78 is 18.6. The molecular formula is C27H27N3O4. The van der Waals surface area contributed by atoms with E-state index in [0.29, 0.717) is 43.1 Å². The van der Waals surface area contributed by atoms with Gasteiger partial charge >= 0.3 is 0 Å². The van der Waals surface area contributed by atoms with E-state index in [9.17, 15) is 4.79 Å². The maximum atomic E-state index is 13.5. The van der Waals surface area contributed by atoms with E-state index in [-0.39, 0.29) is 11.6 Å².